The minimum atomic E-state index is 0.0580. The number of piperidine rings is 1. The molecule has 1 atom stereocenters. The summed E-state index contributed by atoms with van der Waals surface area (Å²) < 4.78 is 0. The Balaban J connectivity index is 1.43. The SMILES string of the molecule is Cc1ccc(C(=O)N2CCC[C@@H](Cc3cncc(-c4ncc[nH]4)n3)C2)cn1. The summed E-state index contributed by atoms with van der Waals surface area (Å²) in [7, 11) is 0. The molecule has 0 unspecified atom stereocenters. The van der Waals surface area contributed by atoms with E-state index in [0.29, 0.717) is 11.5 Å². The highest BCUT2D eigenvalue weighted by atomic mass is 16.2. The first-order valence-corrected chi connectivity index (χ1v) is 9.21. The molecule has 1 aliphatic heterocycles. The van der Waals surface area contributed by atoms with Crippen LogP contribution >= 0.6 is 0 Å². The Morgan fingerprint density at radius 1 is 1.26 bits per heavy atom. The van der Waals surface area contributed by atoms with Crippen molar-refractivity contribution < 1.29 is 4.79 Å². The number of carbonyl (C=O) groups excluding carboxylic acids is 1. The summed E-state index contributed by atoms with van der Waals surface area (Å²) in [5.74, 6) is 1.15. The van der Waals surface area contributed by atoms with E-state index in [1.165, 1.54) is 0 Å². The van der Waals surface area contributed by atoms with Gasteiger partial charge in [-0.05, 0) is 44.2 Å². The number of hydrogen-bond donors (Lipinski definition) is 1. The Hall–Kier alpha value is -3.09. The van der Waals surface area contributed by atoms with Crippen molar-refractivity contribution >= 4 is 5.91 Å². The molecule has 138 valence electrons. The van der Waals surface area contributed by atoms with E-state index < -0.39 is 0 Å². The molecular formula is C20H22N6O. The Morgan fingerprint density at radius 3 is 2.96 bits per heavy atom. The maximum atomic E-state index is 12.8. The van der Waals surface area contributed by atoms with Crippen LogP contribution in [0.15, 0.2) is 43.1 Å². The van der Waals surface area contributed by atoms with Gasteiger partial charge in [-0.2, -0.15) is 0 Å². The summed E-state index contributed by atoms with van der Waals surface area (Å²) in [6.45, 7) is 3.45. The summed E-state index contributed by atoms with van der Waals surface area (Å²) in [5.41, 5.74) is 3.24. The first-order valence-electron chi connectivity index (χ1n) is 9.21. The minimum absolute atomic E-state index is 0.0580. The highest BCUT2D eigenvalue weighted by Crippen LogP contribution is 2.22. The van der Waals surface area contributed by atoms with Crippen LogP contribution in [0.5, 0.6) is 0 Å². The van der Waals surface area contributed by atoms with Gasteiger partial charge in [0.2, 0.25) is 0 Å². The van der Waals surface area contributed by atoms with Crippen molar-refractivity contribution in [1.29, 1.82) is 0 Å². The van der Waals surface area contributed by atoms with Crippen LogP contribution in [0.25, 0.3) is 11.5 Å². The number of H-pyrrole nitrogens is 1. The van der Waals surface area contributed by atoms with E-state index in [-0.39, 0.29) is 5.91 Å². The zero-order valence-corrected chi connectivity index (χ0v) is 15.3. The van der Waals surface area contributed by atoms with Gasteiger partial charge in [0.15, 0.2) is 5.82 Å². The van der Waals surface area contributed by atoms with Crippen molar-refractivity contribution in [3.8, 4) is 11.5 Å². The standard InChI is InChI=1S/C20H22N6O/c1-14-4-5-16(10-24-14)20(27)26-8-2-3-15(13-26)9-17-11-21-12-18(25-17)19-22-6-7-23-19/h4-7,10-12,15H,2-3,8-9,13H2,1H3,(H,22,23)/t15-/m0/s1. The molecule has 4 heterocycles. The summed E-state index contributed by atoms with van der Waals surface area (Å²) in [6, 6.07) is 3.73. The molecular weight excluding hydrogens is 340 g/mol. The van der Waals surface area contributed by atoms with Crippen LogP contribution in [-0.4, -0.2) is 48.8 Å². The van der Waals surface area contributed by atoms with E-state index in [0.717, 1.165) is 55.3 Å². The third-order valence-corrected chi connectivity index (χ3v) is 4.89. The van der Waals surface area contributed by atoms with Crippen molar-refractivity contribution in [1.82, 2.24) is 29.8 Å². The number of nitrogens with one attached hydrogen (secondary N) is 1. The molecule has 0 radical (unpaired) electrons. The fourth-order valence-corrected chi connectivity index (χ4v) is 3.51. The van der Waals surface area contributed by atoms with Crippen LogP contribution in [-0.2, 0) is 6.42 Å². The average molecular weight is 362 g/mol. The number of amides is 1. The first-order chi connectivity index (χ1) is 13.2. The number of rotatable bonds is 4. The van der Waals surface area contributed by atoms with Gasteiger partial charge >= 0.3 is 0 Å². The molecule has 0 spiro atoms. The largest absolute Gasteiger partial charge is 0.343 e. The van der Waals surface area contributed by atoms with Crippen molar-refractivity contribution in [2.45, 2.75) is 26.2 Å². The van der Waals surface area contributed by atoms with Gasteiger partial charge in [-0.25, -0.2) is 9.97 Å². The second kappa shape index (κ2) is 7.65. The fourth-order valence-electron chi connectivity index (χ4n) is 3.51. The zero-order chi connectivity index (χ0) is 18.6. The third-order valence-electron chi connectivity index (χ3n) is 4.89. The number of aromatic amines is 1. The van der Waals surface area contributed by atoms with Gasteiger partial charge < -0.3 is 9.88 Å². The van der Waals surface area contributed by atoms with Crippen LogP contribution in [0.4, 0.5) is 0 Å². The van der Waals surface area contributed by atoms with Crippen LogP contribution in [0, 0.1) is 12.8 Å². The Labute approximate surface area is 157 Å². The quantitative estimate of drug-likeness (QED) is 0.771. The number of aryl methyl sites for hydroxylation is 1. The fraction of sp³-hybridized carbons (Fsp3) is 0.350. The van der Waals surface area contributed by atoms with Gasteiger partial charge in [-0.3, -0.25) is 14.8 Å². The molecule has 3 aromatic heterocycles. The second-order valence-corrected chi connectivity index (χ2v) is 6.99. The monoisotopic (exact) mass is 362 g/mol. The Morgan fingerprint density at radius 2 is 2.19 bits per heavy atom. The molecule has 1 saturated heterocycles. The molecule has 0 aliphatic carbocycles. The molecule has 0 saturated carbocycles. The first kappa shape index (κ1) is 17.3. The molecule has 7 heteroatoms. The second-order valence-electron chi connectivity index (χ2n) is 6.99. The number of hydrogen-bond acceptors (Lipinski definition) is 5. The van der Waals surface area contributed by atoms with Gasteiger partial charge in [0.05, 0.1) is 17.5 Å². The molecule has 1 fully saturated rings. The van der Waals surface area contributed by atoms with E-state index in [2.05, 4.69) is 24.9 Å². The van der Waals surface area contributed by atoms with Gasteiger partial charge in [-0.1, -0.05) is 0 Å². The predicted octanol–water partition coefficient (Wildman–Crippen LogP) is 2.67. The Bertz CT molecular complexity index is 906. The van der Waals surface area contributed by atoms with Crippen LogP contribution in [0.2, 0.25) is 0 Å². The maximum Gasteiger partial charge on any atom is 0.255 e. The van der Waals surface area contributed by atoms with Gasteiger partial charge in [-0.15, -0.1) is 0 Å². The minimum Gasteiger partial charge on any atom is -0.343 e. The number of carbonyl (C=O) groups is 1. The van der Waals surface area contributed by atoms with E-state index >= 15 is 0 Å². The number of nitrogens with zero attached hydrogens (tertiary/aromatic N) is 5. The number of aromatic nitrogens is 5. The highest BCUT2D eigenvalue weighted by Gasteiger charge is 2.25. The van der Waals surface area contributed by atoms with E-state index in [1.54, 1.807) is 31.0 Å². The Kier molecular flexibility index (Phi) is 4.91. The molecule has 7 nitrogen and oxygen atoms in total. The number of imidazole rings is 1. The van der Waals surface area contributed by atoms with Crippen LogP contribution in [0.3, 0.4) is 0 Å². The van der Waals surface area contributed by atoms with Gasteiger partial charge in [0.1, 0.15) is 5.69 Å². The normalized spacial score (nSPS) is 17.1. The average Bonchev–Trinajstić information content (AvgIpc) is 3.23. The summed E-state index contributed by atoms with van der Waals surface area (Å²) >= 11 is 0. The lowest BCUT2D eigenvalue weighted by molar-refractivity contribution is 0.0672. The lowest BCUT2D eigenvalue weighted by Gasteiger charge is -2.32. The van der Waals surface area contributed by atoms with Gasteiger partial charge in [0, 0.05) is 43.6 Å². The molecule has 0 aromatic carbocycles. The molecule has 4 rings (SSSR count). The molecule has 1 N–H and O–H groups in total. The van der Waals surface area contributed by atoms with Crippen molar-refractivity contribution in [3.63, 3.8) is 0 Å². The third kappa shape index (κ3) is 4.02. The summed E-state index contributed by atoms with van der Waals surface area (Å²) in [5, 5.41) is 0. The van der Waals surface area contributed by atoms with Gasteiger partial charge in [0.25, 0.3) is 5.91 Å². The summed E-state index contributed by atoms with van der Waals surface area (Å²) in [4.78, 5) is 35.2. The molecule has 27 heavy (non-hydrogen) atoms. The van der Waals surface area contributed by atoms with E-state index in [9.17, 15) is 4.79 Å². The zero-order valence-electron chi connectivity index (χ0n) is 15.3. The summed E-state index contributed by atoms with van der Waals surface area (Å²) in [6.07, 6.45) is 11.5. The maximum absolute atomic E-state index is 12.8. The van der Waals surface area contributed by atoms with Crippen LogP contribution < -0.4 is 0 Å². The smallest absolute Gasteiger partial charge is 0.255 e. The lowest BCUT2D eigenvalue weighted by atomic mass is 9.93. The predicted molar refractivity (Wildman–Crippen MR) is 101 cm³/mol. The number of pyridine rings is 1. The van der Waals surface area contributed by atoms with E-state index in [4.69, 9.17) is 0 Å². The van der Waals surface area contributed by atoms with Crippen molar-refractivity contribution in [3.05, 3.63) is 60.1 Å². The van der Waals surface area contributed by atoms with Crippen LogP contribution in [0.1, 0.15) is 34.6 Å². The topological polar surface area (TPSA) is 87.7 Å². The molecule has 0 bridgehead atoms. The molecule has 1 aliphatic rings. The van der Waals surface area contributed by atoms with E-state index in [1.807, 2.05) is 24.0 Å². The molecule has 3 aromatic rings. The van der Waals surface area contributed by atoms with Crippen molar-refractivity contribution in [2.24, 2.45) is 5.92 Å². The molecule has 1 amide bonds. The lowest BCUT2D eigenvalue weighted by Crippen LogP contribution is -2.40. The number of likely N-dealkylation sites (tertiary alicyclic amines) is 1. The highest BCUT2D eigenvalue weighted by molar-refractivity contribution is 5.94. The van der Waals surface area contributed by atoms with Crippen molar-refractivity contribution in [2.75, 3.05) is 13.1 Å².